The van der Waals surface area contributed by atoms with Gasteiger partial charge >= 0.3 is 6.18 Å². The summed E-state index contributed by atoms with van der Waals surface area (Å²) >= 11 is 3.13. The van der Waals surface area contributed by atoms with E-state index in [0.717, 1.165) is 0 Å². The molecule has 0 aliphatic heterocycles. The molecule has 66 valence electrons. The molecule has 0 nitrogen and oxygen atoms in total. The predicted octanol–water partition coefficient (Wildman–Crippen LogP) is 3.36. The van der Waals surface area contributed by atoms with E-state index in [0.29, 0.717) is 11.8 Å². The third-order valence-corrected chi connectivity index (χ3v) is 3.53. The molecular formula is C7H10BrF3. The standard InChI is InChI=1S/C7H10BrF3/c1-5-2-6(5,4-8)3-7(9,10)11/h5H,2-4H2,1H3. The summed E-state index contributed by atoms with van der Waals surface area (Å²) in [5.41, 5.74) is -0.474. The quantitative estimate of drug-likeness (QED) is 0.639. The molecule has 0 amide bonds. The van der Waals surface area contributed by atoms with Crippen LogP contribution in [0.25, 0.3) is 0 Å². The van der Waals surface area contributed by atoms with Gasteiger partial charge in [0.05, 0.1) is 6.42 Å². The maximum absolute atomic E-state index is 11.9. The normalized spacial score (nSPS) is 37.4. The van der Waals surface area contributed by atoms with Gasteiger partial charge in [0.1, 0.15) is 0 Å². The first-order valence-corrected chi connectivity index (χ1v) is 4.64. The van der Waals surface area contributed by atoms with Crippen molar-refractivity contribution in [1.29, 1.82) is 0 Å². The van der Waals surface area contributed by atoms with E-state index in [2.05, 4.69) is 15.9 Å². The molecule has 0 aromatic heterocycles. The number of rotatable bonds is 2. The molecule has 1 aliphatic carbocycles. The summed E-state index contributed by atoms with van der Waals surface area (Å²) in [5, 5.41) is 0.473. The van der Waals surface area contributed by atoms with Gasteiger partial charge < -0.3 is 0 Å². The minimum absolute atomic E-state index is 0.225. The third kappa shape index (κ3) is 2.10. The van der Waals surface area contributed by atoms with Gasteiger partial charge in [0.15, 0.2) is 0 Å². The molecule has 0 spiro atoms. The summed E-state index contributed by atoms with van der Waals surface area (Å²) in [6.07, 6.45) is -3.93. The third-order valence-electron chi connectivity index (χ3n) is 2.42. The molecule has 4 heteroatoms. The van der Waals surface area contributed by atoms with Gasteiger partial charge in [-0.1, -0.05) is 22.9 Å². The Hall–Kier alpha value is 0.270. The van der Waals surface area contributed by atoms with Crippen molar-refractivity contribution in [3.63, 3.8) is 0 Å². The van der Waals surface area contributed by atoms with E-state index in [4.69, 9.17) is 0 Å². The van der Waals surface area contributed by atoms with E-state index in [1.54, 1.807) is 0 Å². The molecule has 2 unspecified atom stereocenters. The fourth-order valence-corrected chi connectivity index (χ4v) is 2.41. The summed E-state index contributed by atoms with van der Waals surface area (Å²) in [6, 6.07) is 0. The Morgan fingerprint density at radius 2 is 2.00 bits per heavy atom. The summed E-state index contributed by atoms with van der Waals surface area (Å²) in [7, 11) is 0. The number of alkyl halides is 4. The van der Waals surface area contributed by atoms with E-state index in [1.807, 2.05) is 6.92 Å². The monoisotopic (exact) mass is 230 g/mol. The number of halogens is 4. The lowest BCUT2D eigenvalue weighted by Gasteiger charge is -2.14. The van der Waals surface area contributed by atoms with Crippen LogP contribution < -0.4 is 0 Å². The van der Waals surface area contributed by atoms with Crippen molar-refractivity contribution in [1.82, 2.24) is 0 Å². The Labute approximate surface area is 72.3 Å². The molecule has 1 fully saturated rings. The van der Waals surface area contributed by atoms with Crippen molar-refractivity contribution in [3.05, 3.63) is 0 Å². The molecule has 0 saturated heterocycles. The van der Waals surface area contributed by atoms with Crippen LogP contribution in [-0.2, 0) is 0 Å². The zero-order valence-electron chi connectivity index (χ0n) is 6.21. The zero-order chi connectivity index (χ0) is 8.70. The maximum atomic E-state index is 11.9. The summed E-state index contributed by atoms with van der Waals surface area (Å²) in [5.74, 6) is 0.225. The molecule has 11 heavy (non-hydrogen) atoms. The lowest BCUT2D eigenvalue weighted by molar-refractivity contribution is -0.146. The van der Waals surface area contributed by atoms with Crippen molar-refractivity contribution in [2.45, 2.75) is 25.9 Å². The molecule has 1 saturated carbocycles. The number of hydrogen-bond acceptors (Lipinski definition) is 0. The summed E-state index contributed by atoms with van der Waals surface area (Å²) in [6.45, 7) is 1.87. The Morgan fingerprint density at radius 3 is 2.09 bits per heavy atom. The molecule has 0 bridgehead atoms. The van der Waals surface area contributed by atoms with Crippen molar-refractivity contribution in [2.75, 3.05) is 5.33 Å². The largest absolute Gasteiger partial charge is 0.389 e. The van der Waals surface area contributed by atoms with E-state index in [-0.39, 0.29) is 5.92 Å². The molecule has 0 radical (unpaired) electrons. The zero-order valence-corrected chi connectivity index (χ0v) is 7.80. The van der Waals surface area contributed by atoms with Crippen LogP contribution in [0.1, 0.15) is 19.8 Å². The molecule has 2 atom stereocenters. The van der Waals surface area contributed by atoms with Gasteiger partial charge in [0.25, 0.3) is 0 Å². The van der Waals surface area contributed by atoms with Gasteiger partial charge in [-0.05, 0) is 17.8 Å². The van der Waals surface area contributed by atoms with Gasteiger partial charge in [-0.3, -0.25) is 0 Å². The van der Waals surface area contributed by atoms with Crippen molar-refractivity contribution < 1.29 is 13.2 Å². The van der Waals surface area contributed by atoms with Gasteiger partial charge in [-0.25, -0.2) is 0 Å². The first kappa shape index (κ1) is 9.36. The van der Waals surface area contributed by atoms with Crippen LogP contribution in [-0.4, -0.2) is 11.5 Å². The average Bonchev–Trinajstić information content (AvgIpc) is 2.39. The summed E-state index contributed by atoms with van der Waals surface area (Å²) < 4.78 is 35.8. The van der Waals surface area contributed by atoms with Crippen LogP contribution >= 0.6 is 15.9 Å². The van der Waals surface area contributed by atoms with Crippen molar-refractivity contribution >= 4 is 15.9 Å². The van der Waals surface area contributed by atoms with Gasteiger partial charge in [-0.15, -0.1) is 0 Å². The lowest BCUT2D eigenvalue weighted by atomic mass is 10.0. The molecule has 1 aliphatic rings. The molecule has 0 aromatic carbocycles. The highest BCUT2D eigenvalue weighted by atomic mass is 79.9. The first-order chi connectivity index (χ1) is 4.90. The first-order valence-electron chi connectivity index (χ1n) is 3.52. The van der Waals surface area contributed by atoms with Crippen LogP contribution in [0.3, 0.4) is 0 Å². The molecule has 0 aromatic rings. The Balaban J connectivity index is 2.48. The van der Waals surface area contributed by atoms with Gasteiger partial charge in [-0.2, -0.15) is 13.2 Å². The fourth-order valence-electron chi connectivity index (χ4n) is 1.43. The smallest absolute Gasteiger partial charge is 0.171 e. The molecular weight excluding hydrogens is 221 g/mol. The second-order valence-electron chi connectivity index (χ2n) is 3.39. The molecule has 0 heterocycles. The predicted molar refractivity (Wildman–Crippen MR) is 40.7 cm³/mol. The molecule has 1 rings (SSSR count). The van der Waals surface area contributed by atoms with Crippen molar-refractivity contribution in [3.8, 4) is 0 Å². The Bertz CT molecular complexity index is 150. The fraction of sp³-hybridized carbons (Fsp3) is 1.00. The van der Waals surface area contributed by atoms with E-state index in [9.17, 15) is 13.2 Å². The van der Waals surface area contributed by atoms with Crippen LogP contribution in [0.5, 0.6) is 0 Å². The topological polar surface area (TPSA) is 0 Å². The SMILES string of the molecule is CC1CC1(CBr)CC(F)(F)F. The highest BCUT2D eigenvalue weighted by Crippen LogP contribution is 2.58. The minimum atomic E-state index is -4.00. The van der Waals surface area contributed by atoms with E-state index >= 15 is 0 Å². The molecule has 0 N–H and O–H groups in total. The van der Waals surface area contributed by atoms with E-state index in [1.165, 1.54) is 0 Å². The summed E-state index contributed by atoms with van der Waals surface area (Å²) in [4.78, 5) is 0. The Kier molecular flexibility index (Phi) is 2.25. The van der Waals surface area contributed by atoms with Crippen LogP contribution in [0.2, 0.25) is 0 Å². The number of hydrogen-bond donors (Lipinski definition) is 0. The van der Waals surface area contributed by atoms with Crippen LogP contribution in [0.4, 0.5) is 13.2 Å². The van der Waals surface area contributed by atoms with E-state index < -0.39 is 18.0 Å². The second-order valence-corrected chi connectivity index (χ2v) is 3.95. The van der Waals surface area contributed by atoms with Gasteiger partial charge in [0.2, 0.25) is 0 Å². The van der Waals surface area contributed by atoms with Crippen molar-refractivity contribution in [2.24, 2.45) is 11.3 Å². The minimum Gasteiger partial charge on any atom is -0.171 e. The highest BCUT2D eigenvalue weighted by Gasteiger charge is 2.55. The van der Waals surface area contributed by atoms with Crippen LogP contribution in [0, 0.1) is 11.3 Å². The van der Waals surface area contributed by atoms with Crippen LogP contribution in [0.15, 0.2) is 0 Å². The maximum Gasteiger partial charge on any atom is 0.389 e. The highest BCUT2D eigenvalue weighted by molar-refractivity contribution is 9.09. The Morgan fingerprint density at radius 1 is 1.55 bits per heavy atom. The van der Waals surface area contributed by atoms with Gasteiger partial charge in [0, 0.05) is 5.33 Å². The second kappa shape index (κ2) is 2.64. The average molecular weight is 231 g/mol. The lowest BCUT2D eigenvalue weighted by Crippen LogP contribution is -2.18.